The molecule has 3 fully saturated rings. The number of nitro benzene ring substituents is 1. The first-order valence-corrected chi connectivity index (χ1v) is 45.1. The number of alkyl halides is 12. The fourth-order valence-corrected chi connectivity index (χ4v) is 15.8. The molecule has 0 atom stereocenters. The molecule has 0 aliphatic carbocycles. The topological polar surface area (TPSA) is 366 Å². The number of nitrogen functional groups attached to an aromatic ring is 3. The Labute approximate surface area is 798 Å². The number of hydrogen-bond acceptors (Lipinski definition) is 25. The fraction of sp³-hybridized carbons (Fsp3) is 0.263. The Bertz CT molecular complexity index is 6400. The Kier molecular flexibility index (Phi) is 35.4. The highest BCUT2D eigenvalue weighted by atomic mass is 35.5. The Morgan fingerprint density at radius 2 is 0.748 bits per heavy atom. The molecule has 1 amide bonds. The predicted molar refractivity (Wildman–Crippen MR) is 506 cm³/mol. The lowest BCUT2D eigenvalue weighted by Gasteiger charge is -2.29. The van der Waals surface area contributed by atoms with Crippen molar-refractivity contribution in [2.75, 3.05) is 89.3 Å². The molecule has 13 aromatic rings. The summed E-state index contributed by atoms with van der Waals surface area (Å²) in [5, 5.41) is 14.6. The number of nitrogens with zero attached hydrogens (tertiary/aromatic N) is 14. The molecule has 0 unspecified atom stereocenters. The molecular weight excluding hydrogens is 1860 g/mol. The van der Waals surface area contributed by atoms with Crippen molar-refractivity contribution in [1.29, 1.82) is 0 Å². The van der Waals surface area contributed by atoms with Crippen molar-refractivity contribution in [1.82, 2.24) is 49.8 Å². The van der Waals surface area contributed by atoms with Gasteiger partial charge in [-0.15, -0.1) is 0 Å². The van der Waals surface area contributed by atoms with Gasteiger partial charge in [-0.1, -0.05) is 60.7 Å². The van der Waals surface area contributed by atoms with Crippen LogP contribution in [0.1, 0.15) is 150 Å². The van der Waals surface area contributed by atoms with Gasteiger partial charge in [0.05, 0.1) is 88.1 Å². The highest BCUT2D eigenvalue weighted by Gasteiger charge is 2.35. The van der Waals surface area contributed by atoms with E-state index in [0.29, 0.717) is 79.6 Å². The van der Waals surface area contributed by atoms with E-state index in [4.69, 9.17) is 28.8 Å². The smallest absolute Gasteiger partial charge is 0.416 e. The van der Waals surface area contributed by atoms with Gasteiger partial charge in [0.15, 0.2) is 40.6 Å². The number of hydrogen-bond donors (Lipinski definition) is 4. The standard InChI is InChI=1S/C36H35F3N4O4S.C24H21F3N4O3.C24H23F3N4O.C11H8F3N3.C4H4ClN3/c1-47-33(45)13-16-48-23-24-7-5-9-27(17-24)35(46)42-31-12-11-29(43-14-3-2-4-15-43)20-30(31)32(44)18-25-21-40-34(41-22-25)26-8-6-10-28(19-26)36(37,38)39;25-24(26,27)18-6-4-5-17(12-18)23-28-14-16(15-29-23)11-22(32)20-13-19(7-8-21(20)31(33)34)30-9-2-1-3-10-30;25-24(26,27)18-6-4-5-17(12-18)23-29-14-16(15-30-23)11-22(32)20-13-19(7-8-21(20)28)31-9-2-1-3-10-31;12-11(13,14)8-3-1-2-7(4-8)10-16-5-9(15)6-17-10;5-4-7-1-3(6)2-8-4/h5-12,17,19-22H,2-4,13-16,18,23H2,1H3,(H,42,46);4-8,12-15H,1-3,9-11H2;4-8,12-15H,1-3,9-11,28H2;1-6H,15H2;1-2H,6H2. The summed E-state index contributed by atoms with van der Waals surface area (Å²) >= 11 is 6.89. The number of Topliss-reactive ketones (excluding diaryl/α,β-unsaturated/α-hetero) is 3. The number of amides is 1. The molecule has 722 valence electrons. The van der Waals surface area contributed by atoms with Crippen LogP contribution >= 0.6 is 23.4 Å². The number of aromatic nitrogens is 10. The summed E-state index contributed by atoms with van der Waals surface area (Å²) in [5.74, 6) is 0.258. The zero-order valence-corrected chi connectivity index (χ0v) is 76.0. The van der Waals surface area contributed by atoms with Crippen molar-refractivity contribution in [3.05, 3.63) is 320 Å². The second-order valence-corrected chi connectivity index (χ2v) is 33.6. The van der Waals surface area contributed by atoms with Crippen LogP contribution in [0.5, 0.6) is 0 Å². The predicted octanol–water partition coefficient (Wildman–Crippen LogP) is 21.7. The highest BCUT2D eigenvalue weighted by Crippen LogP contribution is 2.38. The maximum absolute atomic E-state index is 13.8. The molecular formula is C99H91ClF12N18O8S. The molecule has 0 saturated carbocycles. The molecule has 3 aliphatic rings. The van der Waals surface area contributed by atoms with Crippen molar-refractivity contribution in [2.45, 2.75) is 114 Å². The van der Waals surface area contributed by atoms with Gasteiger partial charge >= 0.3 is 30.7 Å². The number of esters is 1. The molecule has 139 heavy (non-hydrogen) atoms. The van der Waals surface area contributed by atoms with E-state index < -0.39 is 57.7 Å². The van der Waals surface area contributed by atoms with Crippen LogP contribution in [0.3, 0.4) is 0 Å². The van der Waals surface area contributed by atoms with Gasteiger partial charge in [0.1, 0.15) is 0 Å². The number of nitrogens with two attached hydrogens (primary N) is 3. The summed E-state index contributed by atoms with van der Waals surface area (Å²) < 4.78 is 159. The van der Waals surface area contributed by atoms with E-state index in [1.165, 1.54) is 130 Å². The Balaban J connectivity index is 0.000000168. The van der Waals surface area contributed by atoms with Crippen LogP contribution in [0.25, 0.3) is 45.6 Å². The average Bonchev–Trinajstić information content (AvgIpc) is 0.809. The first-order valence-electron chi connectivity index (χ1n) is 43.5. The lowest BCUT2D eigenvalue weighted by Crippen LogP contribution is -2.29. The number of halogens is 13. The van der Waals surface area contributed by atoms with Crippen LogP contribution in [0.15, 0.2) is 238 Å². The number of rotatable bonds is 24. The molecule has 0 spiro atoms. The van der Waals surface area contributed by atoms with E-state index in [1.54, 1.807) is 60.3 Å². The molecule has 3 aliphatic heterocycles. The van der Waals surface area contributed by atoms with Crippen LogP contribution in [0.2, 0.25) is 5.28 Å². The van der Waals surface area contributed by atoms with Gasteiger partial charge in [0.25, 0.3) is 11.6 Å². The monoisotopic (exact) mass is 1950 g/mol. The van der Waals surface area contributed by atoms with Gasteiger partial charge < -0.3 is 42.0 Å². The number of methoxy groups -OCH3 is 1. The van der Waals surface area contributed by atoms with Crippen LogP contribution < -0.4 is 37.2 Å². The van der Waals surface area contributed by atoms with Crippen molar-refractivity contribution < 1.29 is 86.3 Å². The molecule has 5 aromatic heterocycles. The number of nitrogens with one attached hydrogen (secondary N) is 1. The van der Waals surface area contributed by atoms with Crippen molar-refractivity contribution >= 4 is 98.1 Å². The SMILES string of the molecule is COC(=O)CCSCc1cccc(C(=O)Nc2ccc(N3CCCCC3)cc2C(=O)Cc2cnc(-c3cccc(C(F)(F)F)c3)nc2)c1.Nc1ccc(N2CCCCC2)cc1C(=O)Cc1cnc(-c2cccc(C(F)(F)F)c2)nc1.Nc1cnc(-c2cccc(C(F)(F)F)c2)nc1.Nc1cnc(Cl)nc1.O=C(Cc1cnc(-c2cccc(C(F)(F)F)c2)nc1)c1cc(N2CCCCC2)ccc1[N+](=O)[O-]. The first-order chi connectivity index (χ1) is 66.4. The third-order valence-corrected chi connectivity index (χ3v) is 23.2. The van der Waals surface area contributed by atoms with E-state index in [-0.39, 0.29) is 99.2 Å². The molecule has 8 aromatic carbocycles. The van der Waals surface area contributed by atoms with Gasteiger partial charge in [-0.2, -0.15) is 64.4 Å². The van der Waals surface area contributed by atoms with Gasteiger partial charge in [-0.25, -0.2) is 49.8 Å². The third kappa shape index (κ3) is 30.1. The van der Waals surface area contributed by atoms with Gasteiger partial charge in [0.2, 0.25) is 5.28 Å². The Morgan fingerprint density at radius 3 is 1.12 bits per heavy atom. The zero-order valence-electron chi connectivity index (χ0n) is 74.4. The summed E-state index contributed by atoms with van der Waals surface area (Å²) in [5.41, 5.74) is 22.2. The number of ether oxygens (including phenoxy) is 1. The normalized spacial score (nSPS) is 13.3. The Morgan fingerprint density at radius 1 is 0.410 bits per heavy atom. The van der Waals surface area contributed by atoms with Gasteiger partial charge in [-0.05, 0) is 201 Å². The lowest BCUT2D eigenvalue weighted by molar-refractivity contribution is -0.385. The second kappa shape index (κ2) is 47.7. The number of anilines is 7. The maximum Gasteiger partial charge on any atom is 0.416 e. The maximum atomic E-state index is 13.8. The van der Waals surface area contributed by atoms with Crippen molar-refractivity contribution in [2.24, 2.45) is 0 Å². The van der Waals surface area contributed by atoms with E-state index in [0.717, 1.165) is 162 Å². The van der Waals surface area contributed by atoms with Crippen LogP contribution in [-0.4, -0.2) is 136 Å². The van der Waals surface area contributed by atoms with Crippen LogP contribution in [0, 0.1) is 10.1 Å². The number of benzene rings is 8. The molecule has 8 heterocycles. The number of thioether (sulfide) groups is 1. The third-order valence-electron chi connectivity index (χ3n) is 22.0. The van der Waals surface area contributed by atoms with Gasteiger partial charge in [-0.3, -0.25) is 34.1 Å². The zero-order chi connectivity index (χ0) is 99.6. The highest BCUT2D eigenvalue weighted by molar-refractivity contribution is 7.98. The largest absolute Gasteiger partial charge is 0.469 e. The van der Waals surface area contributed by atoms with Crippen molar-refractivity contribution in [3.63, 3.8) is 0 Å². The summed E-state index contributed by atoms with van der Waals surface area (Å²) in [7, 11) is 1.36. The van der Waals surface area contributed by atoms with Crippen LogP contribution in [0.4, 0.5) is 98.2 Å². The molecule has 0 bridgehead atoms. The molecule has 26 nitrogen and oxygen atoms in total. The summed E-state index contributed by atoms with van der Waals surface area (Å²) in [6.45, 7) is 5.32. The number of nitro groups is 1. The molecule has 3 saturated heterocycles. The minimum atomic E-state index is -4.49. The lowest BCUT2D eigenvalue weighted by atomic mass is 10.0. The first kappa shape index (κ1) is 103. The molecule has 16 rings (SSSR count). The average molecular weight is 1960 g/mol. The number of piperidine rings is 3. The molecule has 0 radical (unpaired) electrons. The number of carbonyl (C=O) groups excluding carboxylic acids is 5. The fourth-order valence-electron chi connectivity index (χ4n) is 14.8. The Hall–Kier alpha value is -14.9. The number of ketones is 3. The molecule has 40 heteroatoms. The van der Waals surface area contributed by atoms with E-state index in [1.807, 2.05) is 24.3 Å². The minimum absolute atomic E-state index is 0.00929. The quantitative estimate of drug-likeness (QED) is 0.00638. The van der Waals surface area contributed by atoms with Crippen molar-refractivity contribution in [3.8, 4) is 45.6 Å². The van der Waals surface area contributed by atoms with E-state index >= 15 is 0 Å². The summed E-state index contributed by atoms with van der Waals surface area (Å²) in [6, 6.07) is 41.8. The summed E-state index contributed by atoms with van der Waals surface area (Å²) in [4.78, 5) is 122. The van der Waals surface area contributed by atoms with Crippen LogP contribution in [-0.2, 0) is 59.3 Å². The minimum Gasteiger partial charge on any atom is -0.469 e. The molecule has 7 N–H and O–H groups in total. The number of carbonyl (C=O) groups is 5. The summed E-state index contributed by atoms with van der Waals surface area (Å²) in [6.07, 6.45) is 6.31. The van der Waals surface area contributed by atoms with E-state index in [2.05, 4.69) is 74.6 Å². The van der Waals surface area contributed by atoms with E-state index in [9.17, 15) is 86.8 Å². The van der Waals surface area contributed by atoms with Gasteiger partial charge in [0, 0.05) is 175 Å². The second-order valence-electron chi connectivity index (χ2n) is 32.1.